The minimum Gasteiger partial charge on any atom is -0.480 e. The van der Waals surface area contributed by atoms with Gasteiger partial charge in [-0.05, 0) is 18.4 Å². The average molecular weight is 447 g/mol. The number of carbonyl (C=O) groups excluding carboxylic acids is 3. The van der Waals surface area contributed by atoms with Crippen LogP contribution in [-0.2, 0) is 25.6 Å². The zero-order valence-corrected chi connectivity index (χ0v) is 17.6. The molecule has 1 aromatic rings. The average Bonchev–Trinajstić information content (AvgIpc) is 3.20. The first-order valence-electron chi connectivity index (χ1n) is 8.71. The van der Waals surface area contributed by atoms with Crippen LogP contribution < -0.4 is 21.7 Å². The number of rotatable bonds is 13. The highest BCUT2D eigenvalue weighted by Crippen LogP contribution is 2.00. The number of amides is 3. The normalized spacial score (nSPS) is 13.8. The van der Waals surface area contributed by atoms with Crippen LogP contribution in [0.15, 0.2) is 12.5 Å². The number of H-pyrrole nitrogens is 1. The van der Waals surface area contributed by atoms with Crippen molar-refractivity contribution in [1.29, 1.82) is 0 Å². The summed E-state index contributed by atoms with van der Waals surface area (Å²) in [7, 11) is 0. The summed E-state index contributed by atoms with van der Waals surface area (Å²) in [5.74, 6) is -2.31. The molecule has 0 aliphatic carbocycles. The maximum atomic E-state index is 12.2. The number of carbonyl (C=O) groups is 4. The number of carboxylic acids is 1. The number of carboxylic acid groups (broad SMARTS) is 1. The summed E-state index contributed by atoms with van der Waals surface area (Å²) in [4.78, 5) is 54.1. The molecule has 1 rings (SSSR count). The van der Waals surface area contributed by atoms with Gasteiger partial charge in [-0.15, -0.1) is 0 Å². The molecule has 0 bridgehead atoms. The van der Waals surface area contributed by atoms with Crippen molar-refractivity contribution in [3.63, 3.8) is 0 Å². The largest absolute Gasteiger partial charge is 0.480 e. The summed E-state index contributed by atoms with van der Waals surface area (Å²) >= 11 is 5.59. The van der Waals surface area contributed by atoms with Gasteiger partial charge >= 0.3 is 5.97 Å². The number of nitrogens with zero attached hydrogens (tertiary/aromatic N) is 1. The van der Waals surface area contributed by atoms with E-state index in [1.54, 1.807) is 11.8 Å². The van der Waals surface area contributed by atoms with E-state index in [-0.39, 0.29) is 12.2 Å². The van der Waals surface area contributed by atoms with Crippen LogP contribution in [0.3, 0.4) is 0 Å². The number of aliphatic carboxylic acids is 1. The standard InChI is InChI=1S/C16H26N6O5S2/c1-29-3-2-10(17)14(24)22-12(7-28)15(25)19-6-13(23)21-11(16(26)27)4-9-5-18-8-20-9/h5,8,10-12,28H,2-4,6-7,17H2,1H3,(H,18,20)(H,19,25)(H,21,23)(H,22,24)(H,26,27). The van der Waals surface area contributed by atoms with E-state index >= 15 is 0 Å². The quantitative estimate of drug-likeness (QED) is 0.172. The lowest BCUT2D eigenvalue weighted by Gasteiger charge is -2.19. The molecule has 1 heterocycles. The van der Waals surface area contributed by atoms with Crippen molar-refractivity contribution in [2.45, 2.75) is 31.0 Å². The molecular weight excluding hydrogens is 420 g/mol. The van der Waals surface area contributed by atoms with Crippen molar-refractivity contribution in [2.24, 2.45) is 5.73 Å². The molecule has 3 amide bonds. The Morgan fingerprint density at radius 1 is 1.28 bits per heavy atom. The summed E-state index contributed by atoms with van der Waals surface area (Å²) in [6.07, 6.45) is 5.22. The van der Waals surface area contributed by atoms with E-state index in [0.29, 0.717) is 17.9 Å². The molecule has 0 saturated heterocycles. The highest BCUT2D eigenvalue weighted by Gasteiger charge is 2.24. The molecule has 1 aromatic heterocycles. The predicted molar refractivity (Wildman–Crippen MR) is 112 cm³/mol. The van der Waals surface area contributed by atoms with Crippen LogP contribution in [0.2, 0.25) is 0 Å². The third kappa shape index (κ3) is 9.19. The molecule has 11 nitrogen and oxygen atoms in total. The van der Waals surface area contributed by atoms with Crippen molar-refractivity contribution in [3.05, 3.63) is 18.2 Å². The summed E-state index contributed by atoms with van der Waals surface area (Å²) in [5, 5.41) is 16.4. The Labute approximate surface area is 177 Å². The van der Waals surface area contributed by atoms with E-state index in [9.17, 15) is 24.3 Å². The smallest absolute Gasteiger partial charge is 0.326 e. The Morgan fingerprint density at radius 2 is 2.00 bits per heavy atom. The second-order valence-corrected chi connectivity index (χ2v) is 7.44. The summed E-state index contributed by atoms with van der Waals surface area (Å²) < 4.78 is 0. The second-order valence-electron chi connectivity index (χ2n) is 6.09. The van der Waals surface area contributed by atoms with E-state index in [1.807, 2.05) is 6.26 Å². The molecule has 13 heteroatoms. The maximum absolute atomic E-state index is 12.2. The Kier molecular flexibility index (Phi) is 11.2. The SMILES string of the molecule is CSCCC(N)C(=O)NC(CS)C(=O)NCC(=O)NC(Cc1cnc[nH]1)C(=O)O. The highest BCUT2D eigenvalue weighted by molar-refractivity contribution is 7.98. The third-order valence-corrected chi connectivity index (χ3v) is 4.83. The second kappa shape index (κ2) is 13.1. The molecular formula is C16H26N6O5S2. The van der Waals surface area contributed by atoms with Gasteiger partial charge in [0.1, 0.15) is 12.1 Å². The van der Waals surface area contributed by atoms with Crippen molar-refractivity contribution in [2.75, 3.05) is 24.3 Å². The summed E-state index contributed by atoms with van der Waals surface area (Å²) in [5.41, 5.74) is 6.30. The molecule has 0 aromatic carbocycles. The first-order valence-corrected chi connectivity index (χ1v) is 10.7. The minimum absolute atomic E-state index is 0.00597. The van der Waals surface area contributed by atoms with Gasteiger partial charge in [-0.25, -0.2) is 9.78 Å². The number of aromatic nitrogens is 2. The first kappa shape index (κ1) is 24.8. The molecule has 29 heavy (non-hydrogen) atoms. The van der Waals surface area contributed by atoms with Crippen LogP contribution in [0.5, 0.6) is 0 Å². The molecule has 0 aliphatic rings. The zero-order valence-electron chi connectivity index (χ0n) is 15.9. The maximum Gasteiger partial charge on any atom is 0.326 e. The fourth-order valence-corrected chi connectivity index (χ4v) is 2.95. The van der Waals surface area contributed by atoms with Gasteiger partial charge in [0.05, 0.1) is 18.9 Å². The molecule has 0 aliphatic heterocycles. The fourth-order valence-electron chi connectivity index (χ4n) is 2.20. The molecule has 7 N–H and O–H groups in total. The van der Waals surface area contributed by atoms with Gasteiger partial charge in [0.25, 0.3) is 0 Å². The van der Waals surface area contributed by atoms with Crippen LogP contribution >= 0.6 is 24.4 Å². The fraction of sp³-hybridized carbons (Fsp3) is 0.562. The van der Waals surface area contributed by atoms with Crippen LogP contribution in [0.1, 0.15) is 12.1 Å². The predicted octanol–water partition coefficient (Wildman–Crippen LogP) is -1.87. The van der Waals surface area contributed by atoms with Gasteiger partial charge in [-0.3, -0.25) is 14.4 Å². The summed E-state index contributed by atoms with van der Waals surface area (Å²) in [6.45, 7) is -0.454. The molecule has 0 fully saturated rings. The highest BCUT2D eigenvalue weighted by atomic mass is 32.2. The van der Waals surface area contributed by atoms with Crippen molar-refractivity contribution in [3.8, 4) is 0 Å². The lowest BCUT2D eigenvalue weighted by Crippen LogP contribution is -2.54. The Morgan fingerprint density at radius 3 is 2.55 bits per heavy atom. The Hall–Kier alpha value is -2.25. The van der Waals surface area contributed by atoms with Crippen molar-refractivity contribution >= 4 is 48.1 Å². The Balaban J connectivity index is 2.49. The van der Waals surface area contributed by atoms with Crippen LogP contribution in [-0.4, -0.2) is 81.2 Å². The Bertz CT molecular complexity index is 687. The van der Waals surface area contributed by atoms with E-state index in [1.165, 1.54) is 12.5 Å². The summed E-state index contributed by atoms with van der Waals surface area (Å²) in [6, 6.07) is -2.91. The molecule has 0 saturated carbocycles. The van der Waals surface area contributed by atoms with Crippen LogP contribution in [0.25, 0.3) is 0 Å². The van der Waals surface area contributed by atoms with Gasteiger partial charge in [0.2, 0.25) is 17.7 Å². The number of nitrogens with one attached hydrogen (secondary N) is 4. The number of hydrogen-bond donors (Lipinski definition) is 7. The van der Waals surface area contributed by atoms with Crippen molar-refractivity contribution in [1.82, 2.24) is 25.9 Å². The van der Waals surface area contributed by atoms with Crippen molar-refractivity contribution < 1.29 is 24.3 Å². The van der Waals surface area contributed by atoms with Gasteiger partial charge < -0.3 is 31.8 Å². The number of thioether (sulfide) groups is 1. The zero-order chi connectivity index (χ0) is 21.8. The van der Waals surface area contributed by atoms with Gasteiger partial charge in [0, 0.05) is 24.1 Å². The minimum atomic E-state index is -1.22. The third-order valence-electron chi connectivity index (χ3n) is 3.82. The van der Waals surface area contributed by atoms with Gasteiger partial charge in [0.15, 0.2) is 0 Å². The lowest BCUT2D eigenvalue weighted by atomic mass is 10.1. The molecule has 0 spiro atoms. The molecule has 3 unspecified atom stereocenters. The van der Waals surface area contributed by atoms with E-state index in [4.69, 9.17) is 5.73 Å². The van der Waals surface area contributed by atoms with E-state index < -0.39 is 48.4 Å². The first-order chi connectivity index (χ1) is 13.8. The molecule has 0 radical (unpaired) electrons. The topological polar surface area (TPSA) is 179 Å². The molecule has 162 valence electrons. The lowest BCUT2D eigenvalue weighted by molar-refractivity contribution is -0.141. The number of nitrogens with two attached hydrogens (primary N) is 1. The van der Waals surface area contributed by atoms with Gasteiger partial charge in [-0.1, -0.05) is 0 Å². The van der Waals surface area contributed by atoms with Gasteiger partial charge in [-0.2, -0.15) is 24.4 Å². The number of imidazole rings is 1. The number of aromatic amines is 1. The number of thiol groups is 1. The van der Waals surface area contributed by atoms with Crippen LogP contribution in [0, 0.1) is 0 Å². The number of hydrogen-bond acceptors (Lipinski definition) is 8. The molecule has 3 atom stereocenters. The van der Waals surface area contributed by atoms with E-state index in [0.717, 1.165) is 0 Å². The van der Waals surface area contributed by atoms with Crippen LogP contribution in [0.4, 0.5) is 0 Å². The van der Waals surface area contributed by atoms with E-state index in [2.05, 4.69) is 38.5 Å². The monoisotopic (exact) mass is 446 g/mol.